The minimum absolute atomic E-state index is 0.0911. The Bertz CT molecular complexity index is 1130. The van der Waals surface area contributed by atoms with Crippen LogP contribution in [-0.2, 0) is 21.4 Å². The molecule has 0 atom stereocenters. The fraction of sp³-hybridized carbons (Fsp3) is 0.263. The Labute approximate surface area is 168 Å². The Morgan fingerprint density at radius 3 is 2.38 bits per heavy atom. The fourth-order valence-corrected chi connectivity index (χ4v) is 3.96. The molecule has 0 saturated carbocycles. The lowest BCUT2D eigenvalue weighted by atomic mass is 10.2. The van der Waals surface area contributed by atoms with Gasteiger partial charge >= 0.3 is 0 Å². The van der Waals surface area contributed by atoms with E-state index < -0.39 is 10.0 Å². The number of sulfonamides is 1. The molecule has 0 saturated heterocycles. The minimum atomic E-state index is -3.70. The van der Waals surface area contributed by atoms with E-state index in [1.165, 1.54) is 45.3 Å². The summed E-state index contributed by atoms with van der Waals surface area (Å²) < 4.78 is 38.4. The molecular formula is C19H22N4O5S. The second kappa shape index (κ2) is 8.10. The Morgan fingerprint density at radius 1 is 1.14 bits per heavy atom. The molecule has 0 spiro atoms. The number of para-hydroxylation sites is 1. The number of fused-ring (bicyclic) bond motifs is 1. The van der Waals surface area contributed by atoms with Crippen LogP contribution in [0.2, 0.25) is 0 Å². The van der Waals surface area contributed by atoms with Gasteiger partial charge in [0.15, 0.2) is 0 Å². The van der Waals surface area contributed by atoms with Crippen molar-refractivity contribution in [3.8, 4) is 11.5 Å². The standard InChI is InChI=1S/C19H22N4O5S/c1-22(2)29(25,26)17-7-5-6-16-19(17)23(12-20-16)11-18(24)21-13-8-14(27-3)10-15(9-13)28-4/h5-10,12H,11H2,1-4H3,(H,21,24). The van der Waals surface area contributed by atoms with E-state index in [-0.39, 0.29) is 17.3 Å². The van der Waals surface area contributed by atoms with Gasteiger partial charge in [0.2, 0.25) is 15.9 Å². The third-order valence-corrected chi connectivity index (χ3v) is 6.16. The van der Waals surface area contributed by atoms with Crippen LogP contribution < -0.4 is 14.8 Å². The number of carbonyl (C=O) groups is 1. The van der Waals surface area contributed by atoms with E-state index in [2.05, 4.69) is 10.3 Å². The fourth-order valence-electron chi connectivity index (χ4n) is 2.85. The number of carbonyl (C=O) groups excluding carboxylic acids is 1. The first-order valence-corrected chi connectivity index (χ1v) is 10.1. The SMILES string of the molecule is COc1cc(NC(=O)Cn2cnc3cccc(S(=O)(=O)N(C)C)c32)cc(OC)c1. The third kappa shape index (κ3) is 4.17. The van der Waals surface area contributed by atoms with Crippen LogP contribution in [0.25, 0.3) is 11.0 Å². The lowest BCUT2D eigenvalue weighted by Crippen LogP contribution is -2.24. The largest absolute Gasteiger partial charge is 0.497 e. The van der Waals surface area contributed by atoms with Crippen LogP contribution in [-0.4, -0.2) is 56.5 Å². The number of rotatable bonds is 7. The zero-order chi connectivity index (χ0) is 21.2. The van der Waals surface area contributed by atoms with Crippen molar-refractivity contribution in [2.45, 2.75) is 11.4 Å². The number of imidazole rings is 1. The average molecular weight is 418 g/mol. The van der Waals surface area contributed by atoms with Gasteiger partial charge in [-0.25, -0.2) is 17.7 Å². The molecule has 1 aromatic heterocycles. The molecule has 0 aliphatic rings. The van der Waals surface area contributed by atoms with E-state index in [4.69, 9.17) is 9.47 Å². The summed E-state index contributed by atoms with van der Waals surface area (Å²) in [4.78, 5) is 16.9. The molecule has 0 radical (unpaired) electrons. The second-order valence-electron chi connectivity index (χ2n) is 6.43. The van der Waals surface area contributed by atoms with Gasteiger partial charge in [-0.1, -0.05) is 6.07 Å². The molecular weight excluding hydrogens is 396 g/mol. The minimum Gasteiger partial charge on any atom is -0.497 e. The predicted octanol–water partition coefficient (Wildman–Crippen LogP) is 1.94. The van der Waals surface area contributed by atoms with Crippen molar-refractivity contribution in [1.82, 2.24) is 13.9 Å². The molecule has 3 rings (SSSR count). The van der Waals surface area contributed by atoms with Gasteiger partial charge in [-0.3, -0.25) is 4.79 Å². The second-order valence-corrected chi connectivity index (χ2v) is 8.55. The molecule has 0 fully saturated rings. The number of anilines is 1. The van der Waals surface area contributed by atoms with E-state index >= 15 is 0 Å². The number of methoxy groups -OCH3 is 2. The molecule has 0 aliphatic carbocycles. The molecule has 1 amide bonds. The molecule has 0 aliphatic heterocycles. The first-order chi connectivity index (χ1) is 13.8. The van der Waals surface area contributed by atoms with Crippen molar-refractivity contribution < 1.29 is 22.7 Å². The van der Waals surface area contributed by atoms with Gasteiger partial charge in [0.05, 0.1) is 31.6 Å². The first-order valence-electron chi connectivity index (χ1n) is 8.65. The van der Waals surface area contributed by atoms with Gasteiger partial charge in [-0.05, 0) is 12.1 Å². The van der Waals surface area contributed by atoms with Crippen molar-refractivity contribution in [2.24, 2.45) is 0 Å². The van der Waals surface area contributed by atoms with E-state index in [9.17, 15) is 13.2 Å². The number of amides is 1. The maximum absolute atomic E-state index is 12.7. The monoisotopic (exact) mass is 418 g/mol. The van der Waals surface area contributed by atoms with Crippen molar-refractivity contribution in [3.63, 3.8) is 0 Å². The van der Waals surface area contributed by atoms with Crippen molar-refractivity contribution in [2.75, 3.05) is 33.6 Å². The highest BCUT2D eigenvalue weighted by molar-refractivity contribution is 7.89. The van der Waals surface area contributed by atoms with Crippen LogP contribution in [0.15, 0.2) is 47.6 Å². The summed E-state index contributed by atoms with van der Waals surface area (Å²) in [6, 6.07) is 9.84. The van der Waals surface area contributed by atoms with Gasteiger partial charge in [0.25, 0.3) is 0 Å². The number of benzene rings is 2. The Hall–Kier alpha value is -3.11. The van der Waals surface area contributed by atoms with E-state index in [1.54, 1.807) is 30.3 Å². The smallest absolute Gasteiger partial charge is 0.244 e. The summed E-state index contributed by atoms with van der Waals surface area (Å²) in [7, 11) is 2.25. The number of aromatic nitrogens is 2. The zero-order valence-corrected chi connectivity index (χ0v) is 17.4. The van der Waals surface area contributed by atoms with Crippen molar-refractivity contribution >= 4 is 32.7 Å². The highest BCUT2D eigenvalue weighted by atomic mass is 32.2. The summed E-state index contributed by atoms with van der Waals surface area (Å²) in [5, 5.41) is 2.77. The molecule has 10 heteroatoms. The van der Waals surface area contributed by atoms with Gasteiger partial charge < -0.3 is 19.4 Å². The van der Waals surface area contributed by atoms with Gasteiger partial charge in [-0.2, -0.15) is 0 Å². The molecule has 154 valence electrons. The zero-order valence-electron chi connectivity index (χ0n) is 16.5. The quantitative estimate of drug-likeness (QED) is 0.629. The lowest BCUT2D eigenvalue weighted by molar-refractivity contribution is -0.116. The van der Waals surface area contributed by atoms with Gasteiger partial charge in [0.1, 0.15) is 22.9 Å². The van der Waals surface area contributed by atoms with Crippen molar-refractivity contribution in [1.29, 1.82) is 0 Å². The molecule has 1 heterocycles. The number of hydrogen-bond donors (Lipinski definition) is 1. The maximum Gasteiger partial charge on any atom is 0.244 e. The number of nitrogens with one attached hydrogen (secondary N) is 1. The summed E-state index contributed by atoms with van der Waals surface area (Å²) in [6.45, 7) is -0.115. The highest BCUT2D eigenvalue weighted by Gasteiger charge is 2.23. The van der Waals surface area contributed by atoms with Crippen LogP contribution in [0.1, 0.15) is 0 Å². The summed E-state index contributed by atoms with van der Waals surface area (Å²) in [5.74, 6) is 0.718. The summed E-state index contributed by atoms with van der Waals surface area (Å²) >= 11 is 0. The van der Waals surface area contributed by atoms with Crippen LogP contribution in [0.4, 0.5) is 5.69 Å². The van der Waals surface area contributed by atoms with Crippen molar-refractivity contribution in [3.05, 3.63) is 42.7 Å². The maximum atomic E-state index is 12.7. The van der Waals surface area contributed by atoms with Crippen LogP contribution in [0.5, 0.6) is 11.5 Å². The normalized spacial score (nSPS) is 11.6. The van der Waals surface area contributed by atoms with E-state index in [0.717, 1.165) is 4.31 Å². The van der Waals surface area contributed by atoms with Gasteiger partial charge in [-0.15, -0.1) is 0 Å². The third-order valence-electron chi connectivity index (χ3n) is 4.31. The van der Waals surface area contributed by atoms with Crippen LogP contribution >= 0.6 is 0 Å². The molecule has 1 N–H and O–H groups in total. The Kier molecular flexibility index (Phi) is 5.76. The van der Waals surface area contributed by atoms with Crippen LogP contribution in [0.3, 0.4) is 0 Å². The van der Waals surface area contributed by atoms with E-state index in [1.807, 2.05) is 0 Å². The lowest BCUT2D eigenvalue weighted by Gasteiger charge is -2.14. The summed E-state index contributed by atoms with van der Waals surface area (Å²) in [5.41, 5.74) is 1.36. The predicted molar refractivity (Wildman–Crippen MR) is 109 cm³/mol. The first kappa shape index (κ1) is 20.6. The van der Waals surface area contributed by atoms with E-state index in [0.29, 0.717) is 28.2 Å². The molecule has 2 aromatic carbocycles. The Balaban J connectivity index is 1.92. The molecule has 9 nitrogen and oxygen atoms in total. The molecule has 0 bridgehead atoms. The molecule has 29 heavy (non-hydrogen) atoms. The number of ether oxygens (including phenoxy) is 2. The topological polar surface area (TPSA) is 103 Å². The Morgan fingerprint density at radius 2 is 1.79 bits per heavy atom. The molecule has 0 unspecified atom stereocenters. The molecule has 3 aromatic rings. The average Bonchev–Trinajstić information content (AvgIpc) is 3.10. The highest BCUT2D eigenvalue weighted by Crippen LogP contribution is 2.27. The van der Waals surface area contributed by atoms with Crippen LogP contribution in [0, 0.1) is 0 Å². The van der Waals surface area contributed by atoms with Gasteiger partial charge in [0, 0.05) is 38.0 Å². The number of nitrogens with zero attached hydrogens (tertiary/aromatic N) is 3. The summed E-state index contributed by atoms with van der Waals surface area (Å²) in [6.07, 6.45) is 1.45. The number of hydrogen-bond acceptors (Lipinski definition) is 6.